The summed E-state index contributed by atoms with van der Waals surface area (Å²) in [5.74, 6) is 0.386. The molecule has 0 aliphatic heterocycles. The first-order chi connectivity index (χ1) is 7.72. The summed E-state index contributed by atoms with van der Waals surface area (Å²) in [6.45, 7) is 3.07. The van der Waals surface area contributed by atoms with Gasteiger partial charge in [-0.2, -0.15) is 0 Å². The second-order valence-corrected chi connectivity index (χ2v) is 5.54. The average Bonchev–Trinajstić information content (AvgIpc) is 2.66. The first-order valence-corrected chi connectivity index (χ1v) is 7.01. The number of anilines is 1. The van der Waals surface area contributed by atoms with Gasteiger partial charge >= 0.3 is 0 Å². The number of carbonyl (C=O) groups excluding carboxylic acids is 1. The lowest BCUT2D eigenvalue weighted by Crippen LogP contribution is -2.10. The van der Waals surface area contributed by atoms with E-state index < -0.39 is 0 Å². The number of rotatable bonds is 8. The van der Waals surface area contributed by atoms with Crippen LogP contribution in [-0.4, -0.2) is 28.4 Å². The predicted molar refractivity (Wildman–Crippen MR) is 67.8 cm³/mol. The molecule has 1 amide bonds. The molecule has 16 heavy (non-hydrogen) atoms. The van der Waals surface area contributed by atoms with Crippen molar-refractivity contribution in [1.82, 2.24) is 10.2 Å². The zero-order valence-electron chi connectivity index (χ0n) is 9.23. The third kappa shape index (κ3) is 5.32. The summed E-state index contributed by atoms with van der Waals surface area (Å²) in [6, 6.07) is 0. The number of hydrogen-bond donors (Lipinski definition) is 2. The second kappa shape index (κ2) is 7.45. The largest absolute Gasteiger partial charge is 0.370 e. The maximum Gasteiger partial charge on any atom is 0.218 e. The molecule has 0 radical (unpaired) electrons. The number of thioether (sulfide) groups is 1. The van der Waals surface area contributed by atoms with Crippen molar-refractivity contribution in [3.05, 3.63) is 0 Å². The molecule has 0 aliphatic carbocycles. The molecule has 1 aromatic heterocycles. The Labute approximate surface area is 103 Å². The predicted octanol–water partition coefficient (Wildman–Crippen LogP) is 1.72. The van der Waals surface area contributed by atoms with Crippen molar-refractivity contribution in [2.75, 3.05) is 17.6 Å². The van der Waals surface area contributed by atoms with Crippen molar-refractivity contribution < 1.29 is 4.79 Å². The Morgan fingerprint density at radius 2 is 2.38 bits per heavy atom. The number of carbonyl (C=O) groups is 1. The summed E-state index contributed by atoms with van der Waals surface area (Å²) in [4.78, 5) is 10.5. The molecule has 7 heteroatoms. The van der Waals surface area contributed by atoms with Gasteiger partial charge in [0, 0.05) is 18.7 Å². The fraction of sp³-hybridized carbons (Fsp3) is 0.667. The molecule has 1 rings (SSSR count). The van der Waals surface area contributed by atoms with Crippen molar-refractivity contribution in [2.24, 2.45) is 5.73 Å². The van der Waals surface area contributed by atoms with Gasteiger partial charge in [0.1, 0.15) is 0 Å². The molecule has 0 spiro atoms. The monoisotopic (exact) mass is 260 g/mol. The van der Waals surface area contributed by atoms with Crippen LogP contribution in [0.15, 0.2) is 4.34 Å². The fourth-order valence-electron chi connectivity index (χ4n) is 0.951. The summed E-state index contributed by atoms with van der Waals surface area (Å²) in [7, 11) is 0. The lowest BCUT2D eigenvalue weighted by atomic mass is 10.3. The highest BCUT2D eigenvalue weighted by atomic mass is 32.2. The highest BCUT2D eigenvalue weighted by molar-refractivity contribution is 8.01. The molecule has 0 bridgehead atoms. The molecule has 1 heterocycles. The zero-order valence-corrected chi connectivity index (χ0v) is 10.9. The molecule has 0 aromatic carbocycles. The van der Waals surface area contributed by atoms with Crippen LogP contribution in [0.3, 0.4) is 0 Å². The third-order valence-corrected chi connectivity index (χ3v) is 3.80. The number of aromatic nitrogens is 2. The van der Waals surface area contributed by atoms with Crippen LogP contribution in [0.1, 0.15) is 26.2 Å². The van der Waals surface area contributed by atoms with Gasteiger partial charge in [0.2, 0.25) is 11.0 Å². The van der Waals surface area contributed by atoms with Gasteiger partial charge in [-0.15, -0.1) is 10.2 Å². The molecule has 5 nitrogen and oxygen atoms in total. The van der Waals surface area contributed by atoms with E-state index in [2.05, 4.69) is 22.4 Å². The summed E-state index contributed by atoms with van der Waals surface area (Å²) in [5, 5.41) is 12.1. The highest BCUT2D eigenvalue weighted by Gasteiger charge is 2.04. The molecular formula is C9H16N4OS2. The molecular weight excluding hydrogens is 244 g/mol. The molecule has 0 aliphatic rings. The maximum atomic E-state index is 10.5. The summed E-state index contributed by atoms with van der Waals surface area (Å²) in [6.07, 6.45) is 2.67. The van der Waals surface area contributed by atoms with Gasteiger partial charge in [-0.25, -0.2) is 0 Å². The lowest BCUT2D eigenvalue weighted by Gasteiger charge is -1.97. The summed E-state index contributed by atoms with van der Waals surface area (Å²) >= 11 is 3.03. The average molecular weight is 260 g/mol. The van der Waals surface area contributed by atoms with Gasteiger partial charge in [-0.05, 0) is 6.42 Å². The highest BCUT2D eigenvalue weighted by Crippen LogP contribution is 2.25. The van der Waals surface area contributed by atoms with Gasteiger partial charge in [-0.3, -0.25) is 4.79 Å². The van der Waals surface area contributed by atoms with Crippen molar-refractivity contribution in [1.29, 1.82) is 0 Å². The number of nitrogens with two attached hydrogens (primary N) is 1. The number of nitrogens with zero attached hydrogens (tertiary/aromatic N) is 2. The summed E-state index contributed by atoms with van der Waals surface area (Å²) < 4.78 is 0.875. The van der Waals surface area contributed by atoms with Crippen molar-refractivity contribution >= 4 is 34.1 Å². The van der Waals surface area contributed by atoms with Gasteiger partial charge in [0.15, 0.2) is 4.34 Å². The van der Waals surface area contributed by atoms with Gasteiger partial charge < -0.3 is 11.1 Å². The van der Waals surface area contributed by atoms with Crippen LogP contribution in [0.5, 0.6) is 0 Å². The normalized spacial score (nSPS) is 10.3. The Hall–Kier alpha value is -0.820. The van der Waals surface area contributed by atoms with E-state index in [0.717, 1.165) is 28.9 Å². The van der Waals surface area contributed by atoms with Crippen LogP contribution >= 0.6 is 23.1 Å². The van der Waals surface area contributed by atoms with Gasteiger partial charge in [-0.1, -0.05) is 36.4 Å². The topological polar surface area (TPSA) is 80.9 Å². The number of amides is 1. The zero-order chi connectivity index (χ0) is 11.8. The maximum absolute atomic E-state index is 10.5. The van der Waals surface area contributed by atoms with Crippen molar-refractivity contribution in [3.63, 3.8) is 0 Å². The summed E-state index contributed by atoms with van der Waals surface area (Å²) in [5.41, 5.74) is 5.05. The van der Waals surface area contributed by atoms with E-state index in [1.165, 1.54) is 23.1 Å². The lowest BCUT2D eigenvalue weighted by molar-refractivity contribution is -0.117. The minimum atomic E-state index is -0.279. The Kier molecular flexibility index (Phi) is 6.17. The number of hydrogen-bond acceptors (Lipinski definition) is 6. The van der Waals surface area contributed by atoms with Crippen LogP contribution in [0.25, 0.3) is 0 Å². The van der Waals surface area contributed by atoms with Crippen LogP contribution in [0.2, 0.25) is 0 Å². The quantitative estimate of drug-likeness (QED) is 0.549. The van der Waals surface area contributed by atoms with E-state index in [4.69, 9.17) is 5.73 Å². The van der Waals surface area contributed by atoms with Crippen LogP contribution in [-0.2, 0) is 4.79 Å². The first kappa shape index (κ1) is 13.2. The van der Waals surface area contributed by atoms with Crippen LogP contribution in [0.4, 0.5) is 5.13 Å². The minimum absolute atomic E-state index is 0.279. The van der Waals surface area contributed by atoms with Gasteiger partial charge in [0.05, 0.1) is 0 Å². The Morgan fingerprint density at radius 3 is 3.06 bits per heavy atom. The van der Waals surface area contributed by atoms with Crippen LogP contribution in [0, 0.1) is 0 Å². The van der Waals surface area contributed by atoms with E-state index in [-0.39, 0.29) is 5.91 Å². The minimum Gasteiger partial charge on any atom is -0.370 e. The number of primary amides is 1. The van der Waals surface area contributed by atoms with Crippen molar-refractivity contribution in [2.45, 2.75) is 30.5 Å². The molecule has 0 fully saturated rings. The third-order valence-electron chi connectivity index (χ3n) is 1.79. The van der Waals surface area contributed by atoms with E-state index in [0.29, 0.717) is 12.2 Å². The Balaban J connectivity index is 2.25. The number of nitrogens with one attached hydrogen (secondary N) is 1. The van der Waals surface area contributed by atoms with Crippen LogP contribution < -0.4 is 11.1 Å². The molecule has 0 saturated heterocycles. The molecule has 90 valence electrons. The first-order valence-electron chi connectivity index (χ1n) is 5.21. The molecule has 0 unspecified atom stereocenters. The fourth-order valence-corrected chi connectivity index (χ4v) is 2.75. The molecule has 3 N–H and O–H groups in total. The van der Waals surface area contributed by atoms with E-state index in [9.17, 15) is 4.79 Å². The molecule has 0 saturated carbocycles. The smallest absolute Gasteiger partial charge is 0.218 e. The Morgan fingerprint density at radius 1 is 1.56 bits per heavy atom. The van der Waals surface area contributed by atoms with Crippen molar-refractivity contribution in [3.8, 4) is 0 Å². The SMILES string of the molecule is CCCCNc1nnc(SCCC(N)=O)s1. The van der Waals surface area contributed by atoms with E-state index in [1.54, 1.807) is 0 Å². The molecule has 0 atom stereocenters. The molecule has 1 aromatic rings. The van der Waals surface area contributed by atoms with E-state index >= 15 is 0 Å². The van der Waals surface area contributed by atoms with E-state index in [1.807, 2.05) is 0 Å². The Bertz CT molecular complexity index is 329. The standard InChI is InChI=1S/C9H16N4OS2/c1-2-3-5-11-8-12-13-9(16-8)15-6-4-7(10)14/h2-6H2,1H3,(H2,10,14)(H,11,12). The van der Waals surface area contributed by atoms with Gasteiger partial charge in [0.25, 0.3) is 0 Å². The number of unbranched alkanes of at least 4 members (excludes halogenated alkanes) is 1. The second-order valence-electron chi connectivity index (χ2n) is 3.22.